The van der Waals surface area contributed by atoms with Gasteiger partial charge in [-0.05, 0) is 12.8 Å². The summed E-state index contributed by atoms with van der Waals surface area (Å²) in [7, 11) is 0. The van der Waals surface area contributed by atoms with Gasteiger partial charge in [0.15, 0.2) is 6.29 Å². The van der Waals surface area contributed by atoms with Crippen LogP contribution in [0.5, 0.6) is 0 Å². The first kappa shape index (κ1) is 19.1. The number of nitro groups is 1. The highest BCUT2D eigenvalue weighted by Crippen LogP contribution is 2.12. The first-order chi connectivity index (χ1) is 9.77. The normalized spacial score (nSPS) is 10.6. The van der Waals surface area contributed by atoms with Crippen LogP contribution in [0.3, 0.4) is 0 Å². The SMILES string of the molecule is O=[C]CCCCCCCCCCCCCCC[N+](=O)[O-]. The maximum atomic E-state index is 10.1. The van der Waals surface area contributed by atoms with Crippen molar-refractivity contribution in [2.24, 2.45) is 0 Å². The summed E-state index contributed by atoms with van der Waals surface area (Å²) in [4.78, 5) is 19.9. The number of hydrogen-bond acceptors (Lipinski definition) is 3. The van der Waals surface area contributed by atoms with Crippen LogP contribution in [-0.2, 0) is 4.79 Å². The van der Waals surface area contributed by atoms with Crippen molar-refractivity contribution in [3.8, 4) is 0 Å². The molecule has 4 heteroatoms. The molecule has 0 N–H and O–H groups in total. The Morgan fingerprint density at radius 2 is 1.00 bits per heavy atom. The molecule has 0 aliphatic heterocycles. The van der Waals surface area contributed by atoms with Gasteiger partial charge in [0.1, 0.15) is 0 Å². The molecule has 0 atom stereocenters. The van der Waals surface area contributed by atoms with Gasteiger partial charge < -0.3 is 0 Å². The van der Waals surface area contributed by atoms with Gasteiger partial charge in [-0.15, -0.1) is 0 Å². The number of unbranched alkanes of at least 4 members (excludes halogenated alkanes) is 13. The molecule has 1 radical (unpaired) electrons. The van der Waals surface area contributed by atoms with E-state index in [0.29, 0.717) is 6.42 Å². The van der Waals surface area contributed by atoms with Crippen LogP contribution in [0, 0.1) is 10.1 Å². The van der Waals surface area contributed by atoms with E-state index in [0.717, 1.165) is 25.7 Å². The van der Waals surface area contributed by atoms with Crippen molar-refractivity contribution in [3.63, 3.8) is 0 Å². The van der Waals surface area contributed by atoms with E-state index in [9.17, 15) is 14.9 Å². The second-order valence-corrected chi connectivity index (χ2v) is 5.55. The first-order valence-corrected chi connectivity index (χ1v) is 8.24. The second-order valence-electron chi connectivity index (χ2n) is 5.55. The topological polar surface area (TPSA) is 60.2 Å². The van der Waals surface area contributed by atoms with Gasteiger partial charge in [-0.25, -0.2) is 0 Å². The standard InChI is InChI=1S/C16H30NO3/c18-16-14-12-10-8-6-4-2-1-3-5-7-9-11-13-15-17(19)20/h1-15H2. The number of carbonyl (C=O) groups excluding carboxylic acids is 1. The van der Waals surface area contributed by atoms with Crippen LogP contribution in [0.15, 0.2) is 0 Å². The highest BCUT2D eigenvalue weighted by molar-refractivity contribution is 5.50. The lowest BCUT2D eigenvalue weighted by molar-refractivity contribution is -0.480. The van der Waals surface area contributed by atoms with Crippen LogP contribution >= 0.6 is 0 Å². The Morgan fingerprint density at radius 3 is 1.35 bits per heavy atom. The van der Waals surface area contributed by atoms with Crippen molar-refractivity contribution >= 4 is 6.29 Å². The Morgan fingerprint density at radius 1 is 0.650 bits per heavy atom. The highest BCUT2D eigenvalue weighted by Gasteiger charge is 1.97. The third-order valence-electron chi connectivity index (χ3n) is 3.62. The summed E-state index contributed by atoms with van der Waals surface area (Å²) in [5.41, 5.74) is 0. The summed E-state index contributed by atoms with van der Waals surface area (Å²) in [5, 5.41) is 10.1. The fourth-order valence-electron chi connectivity index (χ4n) is 2.38. The molecule has 0 bridgehead atoms. The zero-order valence-electron chi connectivity index (χ0n) is 12.8. The van der Waals surface area contributed by atoms with Crippen LogP contribution in [-0.4, -0.2) is 17.8 Å². The van der Waals surface area contributed by atoms with Crippen molar-refractivity contribution < 1.29 is 9.72 Å². The smallest absolute Gasteiger partial charge is 0.203 e. The van der Waals surface area contributed by atoms with Gasteiger partial charge in [0.05, 0.1) is 0 Å². The second kappa shape index (κ2) is 16.1. The molecule has 0 amide bonds. The molecular formula is C16H30NO3. The lowest BCUT2D eigenvalue weighted by atomic mass is 10.0. The van der Waals surface area contributed by atoms with E-state index in [2.05, 4.69) is 0 Å². The van der Waals surface area contributed by atoms with E-state index >= 15 is 0 Å². The third kappa shape index (κ3) is 17.1. The van der Waals surface area contributed by atoms with E-state index in [-0.39, 0.29) is 11.5 Å². The van der Waals surface area contributed by atoms with Gasteiger partial charge in [0, 0.05) is 17.8 Å². The first-order valence-electron chi connectivity index (χ1n) is 8.24. The van der Waals surface area contributed by atoms with Gasteiger partial charge in [0.25, 0.3) is 0 Å². The zero-order chi connectivity index (χ0) is 14.9. The van der Waals surface area contributed by atoms with Gasteiger partial charge >= 0.3 is 0 Å². The van der Waals surface area contributed by atoms with Crippen molar-refractivity contribution in [1.82, 2.24) is 0 Å². The zero-order valence-corrected chi connectivity index (χ0v) is 12.8. The molecule has 0 aromatic carbocycles. The Kier molecular flexibility index (Phi) is 15.4. The van der Waals surface area contributed by atoms with Crippen molar-refractivity contribution in [2.75, 3.05) is 6.54 Å². The number of rotatable bonds is 16. The van der Waals surface area contributed by atoms with E-state index in [1.807, 2.05) is 6.29 Å². The molecule has 20 heavy (non-hydrogen) atoms. The van der Waals surface area contributed by atoms with Gasteiger partial charge in [-0.3, -0.25) is 14.9 Å². The molecule has 117 valence electrons. The van der Waals surface area contributed by atoms with E-state index < -0.39 is 0 Å². The highest BCUT2D eigenvalue weighted by atomic mass is 16.6. The lowest BCUT2D eigenvalue weighted by Crippen LogP contribution is -1.99. The van der Waals surface area contributed by atoms with E-state index in [4.69, 9.17) is 0 Å². The Bertz CT molecular complexity index is 232. The van der Waals surface area contributed by atoms with Crippen LogP contribution in [0.1, 0.15) is 89.9 Å². The summed E-state index contributed by atoms with van der Waals surface area (Å²) in [6.07, 6.45) is 17.9. The molecule has 0 aliphatic rings. The molecule has 0 fully saturated rings. The van der Waals surface area contributed by atoms with Crippen molar-refractivity contribution in [3.05, 3.63) is 10.1 Å². The van der Waals surface area contributed by atoms with Crippen LogP contribution in [0.4, 0.5) is 0 Å². The quantitative estimate of drug-likeness (QED) is 0.231. The van der Waals surface area contributed by atoms with Crippen LogP contribution < -0.4 is 0 Å². The molecular weight excluding hydrogens is 254 g/mol. The largest absolute Gasteiger partial charge is 0.291 e. The summed E-state index contributed by atoms with van der Waals surface area (Å²) in [6.45, 7) is 0.130. The molecule has 0 saturated heterocycles. The summed E-state index contributed by atoms with van der Waals surface area (Å²) >= 11 is 0. The number of nitrogens with zero attached hydrogens (tertiary/aromatic N) is 1. The third-order valence-corrected chi connectivity index (χ3v) is 3.62. The molecule has 0 rings (SSSR count). The van der Waals surface area contributed by atoms with Gasteiger partial charge in [0.2, 0.25) is 6.54 Å². The molecule has 0 heterocycles. The molecule has 0 aromatic rings. The van der Waals surface area contributed by atoms with Gasteiger partial charge in [-0.1, -0.05) is 64.2 Å². The monoisotopic (exact) mass is 284 g/mol. The maximum absolute atomic E-state index is 10.1. The minimum absolute atomic E-state index is 0.130. The average molecular weight is 284 g/mol. The fraction of sp³-hybridized carbons (Fsp3) is 0.938. The van der Waals surface area contributed by atoms with Crippen LogP contribution in [0.25, 0.3) is 0 Å². The number of hydrogen-bond donors (Lipinski definition) is 0. The summed E-state index contributed by atoms with van der Waals surface area (Å²) in [5.74, 6) is 0. The molecule has 0 unspecified atom stereocenters. The van der Waals surface area contributed by atoms with Crippen LogP contribution in [0.2, 0.25) is 0 Å². The Labute approximate surface area is 123 Å². The molecule has 0 saturated carbocycles. The minimum atomic E-state index is -0.225. The molecule has 0 aromatic heterocycles. The Balaban J connectivity index is 2.95. The molecule has 0 aliphatic carbocycles. The fourth-order valence-corrected chi connectivity index (χ4v) is 2.38. The Hall–Kier alpha value is -0.930. The summed E-state index contributed by atoms with van der Waals surface area (Å²) in [6, 6.07) is 0. The lowest BCUT2D eigenvalue weighted by Gasteiger charge is -2.02. The van der Waals surface area contributed by atoms with E-state index in [1.54, 1.807) is 0 Å². The van der Waals surface area contributed by atoms with Crippen molar-refractivity contribution in [2.45, 2.75) is 89.9 Å². The minimum Gasteiger partial charge on any atom is -0.291 e. The predicted molar refractivity (Wildman–Crippen MR) is 82.2 cm³/mol. The summed E-state index contributed by atoms with van der Waals surface area (Å²) < 4.78 is 0. The van der Waals surface area contributed by atoms with Gasteiger partial charge in [-0.2, -0.15) is 0 Å². The van der Waals surface area contributed by atoms with E-state index in [1.165, 1.54) is 57.8 Å². The maximum Gasteiger partial charge on any atom is 0.203 e. The average Bonchev–Trinajstić information content (AvgIpc) is 2.43. The molecule has 4 nitrogen and oxygen atoms in total. The predicted octanol–water partition coefficient (Wildman–Crippen LogP) is 4.83. The van der Waals surface area contributed by atoms with Crippen molar-refractivity contribution in [1.29, 1.82) is 0 Å². The molecule has 0 spiro atoms.